The van der Waals surface area contributed by atoms with Crippen LogP contribution in [0.25, 0.3) is 11.3 Å². The lowest BCUT2D eigenvalue weighted by Crippen LogP contribution is -2.20. The Morgan fingerprint density at radius 2 is 1.69 bits per heavy atom. The van der Waals surface area contributed by atoms with E-state index in [0.29, 0.717) is 22.8 Å². The number of H-pyrrole nitrogens is 1. The van der Waals surface area contributed by atoms with Gasteiger partial charge in [0.1, 0.15) is 17.2 Å². The zero-order valence-electron chi connectivity index (χ0n) is 14.8. The number of hydrogen-bond acceptors (Lipinski definition) is 4. The van der Waals surface area contributed by atoms with Crippen molar-refractivity contribution in [2.24, 2.45) is 0 Å². The maximum absolute atomic E-state index is 12.4. The fourth-order valence-corrected chi connectivity index (χ4v) is 2.54. The van der Waals surface area contributed by atoms with E-state index >= 15 is 0 Å². The van der Waals surface area contributed by atoms with Gasteiger partial charge in [-0.15, -0.1) is 0 Å². The van der Waals surface area contributed by atoms with Crippen LogP contribution in [0.15, 0.2) is 48.5 Å². The van der Waals surface area contributed by atoms with Crippen molar-refractivity contribution in [1.29, 1.82) is 0 Å². The Balaban J connectivity index is 1.81. The normalized spacial score (nSPS) is 10.3. The smallest absolute Gasteiger partial charge is 0.323 e. The number of carbonyl (C=O) groups is 1. The molecule has 0 unspecified atom stereocenters. The third-order valence-electron chi connectivity index (χ3n) is 3.86. The standard InChI is InChI=1S/C19H20N4O3/c1-12-17(18(23-22-12)13-6-4-8-15(10-13)25-2)21-19(24)20-14-7-5-9-16(11-14)26-3/h4-11H,1-3H3,(H,22,23)(H2,20,21,24). The van der Waals surface area contributed by atoms with Crippen LogP contribution >= 0.6 is 0 Å². The summed E-state index contributed by atoms with van der Waals surface area (Å²) in [6.45, 7) is 1.85. The predicted molar refractivity (Wildman–Crippen MR) is 101 cm³/mol. The van der Waals surface area contributed by atoms with Gasteiger partial charge in [0, 0.05) is 17.3 Å². The average Bonchev–Trinajstić information content (AvgIpc) is 3.02. The maximum atomic E-state index is 12.4. The van der Waals surface area contributed by atoms with Crippen molar-refractivity contribution in [2.75, 3.05) is 24.9 Å². The molecule has 0 saturated heterocycles. The first kappa shape index (κ1) is 17.3. The molecule has 3 N–H and O–H groups in total. The number of urea groups is 1. The summed E-state index contributed by atoms with van der Waals surface area (Å²) in [5, 5.41) is 12.9. The minimum atomic E-state index is -0.369. The summed E-state index contributed by atoms with van der Waals surface area (Å²) >= 11 is 0. The van der Waals surface area contributed by atoms with Crippen LogP contribution in [0.5, 0.6) is 11.5 Å². The third kappa shape index (κ3) is 3.77. The fraction of sp³-hybridized carbons (Fsp3) is 0.158. The van der Waals surface area contributed by atoms with E-state index in [1.807, 2.05) is 37.3 Å². The van der Waals surface area contributed by atoms with Crippen molar-refractivity contribution in [2.45, 2.75) is 6.92 Å². The lowest BCUT2D eigenvalue weighted by atomic mass is 10.1. The average molecular weight is 352 g/mol. The van der Waals surface area contributed by atoms with Crippen molar-refractivity contribution in [3.8, 4) is 22.8 Å². The van der Waals surface area contributed by atoms with Crippen molar-refractivity contribution in [3.63, 3.8) is 0 Å². The molecule has 0 bridgehead atoms. The van der Waals surface area contributed by atoms with E-state index in [1.54, 1.807) is 32.4 Å². The van der Waals surface area contributed by atoms with Gasteiger partial charge in [0.05, 0.1) is 25.6 Å². The molecule has 2 aromatic carbocycles. The lowest BCUT2D eigenvalue weighted by Gasteiger charge is -2.10. The highest BCUT2D eigenvalue weighted by Crippen LogP contribution is 2.30. The number of aromatic nitrogens is 2. The summed E-state index contributed by atoms with van der Waals surface area (Å²) in [7, 11) is 3.18. The molecule has 0 fully saturated rings. The number of carbonyl (C=O) groups excluding carboxylic acids is 1. The first-order valence-corrected chi connectivity index (χ1v) is 8.02. The number of anilines is 2. The van der Waals surface area contributed by atoms with Gasteiger partial charge in [0.25, 0.3) is 0 Å². The molecule has 0 spiro atoms. The number of hydrogen-bond donors (Lipinski definition) is 3. The van der Waals surface area contributed by atoms with Crippen LogP contribution in [0.1, 0.15) is 5.69 Å². The van der Waals surface area contributed by atoms with Crippen molar-refractivity contribution in [1.82, 2.24) is 10.2 Å². The van der Waals surface area contributed by atoms with Crippen LogP contribution in [0.2, 0.25) is 0 Å². The van der Waals surface area contributed by atoms with E-state index in [2.05, 4.69) is 20.8 Å². The van der Waals surface area contributed by atoms with Gasteiger partial charge >= 0.3 is 6.03 Å². The van der Waals surface area contributed by atoms with Crippen molar-refractivity contribution in [3.05, 3.63) is 54.2 Å². The molecule has 3 aromatic rings. The molecule has 1 heterocycles. The number of methoxy groups -OCH3 is 2. The zero-order chi connectivity index (χ0) is 18.5. The van der Waals surface area contributed by atoms with Gasteiger partial charge in [-0.2, -0.15) is 5.10 Å². The van der Waals surface area contributed by atoms with Crippen LogP contribution in [0, 0.1) is 6.92 Å². The Labute approximate surface area is 151 Å². The molecular weight excluding hydrogens is 332 g/mol. The second-order valence-corrected chi connectivity index (χ2v) is 5.62. The summed E-state index contributed by atoms with van der Waals surface area (Å²) in [4.78, 5) is 12.4. The molecule has 0 saturated carbocycles. The van der Waals surface area contributed by atoms with Crippen LogP contribution in [-0.4, -0.2) is 30.4 Å². The van der Waals surface area contributed by atoms with Gasteiger partial charge in [0.15, 0.2) is 0 Å². The number of aryl methyl sites for hydroxylation is 1. The Morgan fingerprint density at radius 1 is 1.00 bits per heavy atom. The van der Waals surface area contributed by atoms with Crippen LogP contribution in [-0.2, 0) is 0 Å². The van der Waals surface area contributed by atoms with E-state index in [4.69, 9.17) is 9.47 Å². The SMILES string of the molecule is COc1cccc(NC(=O)Nc2c(-c3cccc(OC)c3)n[nH]c2C)c1. The third-order valence-corrected chi connectivity index (χ3v) is 3.86. The highest BCUT2D eigenvalue weighted by molar-refractivity contribution is 6.02. The van der Waals surface area contributed by atoms with Gasteiger partial charge in [-0.25, -0.2) is 4.79 Å². The molecule has 0 radical (unpaired) electrons. The molecule has 0 aliphatic carbocycles. The fourth-order valence-electron chi connectivity index (χ4n) is 2.54. The molecule has 26 heavy (non-hydrogen) atoms. The van der Waals surface area contributed by atoms with E-state index in [-0.39, 0.29) is 6.03 Å². The molecular formula is C19H20N4O3. The Morgan fingerprint density at radius 3 is 2.42 bits per heavy atom. The van der Waals surface area contributed by atoms with Crippen molar-refractivity contribution >= 4 is 17.4 Å². The molecule has 3 rings (SSSR count). The van der Waals surface area contributed by atoms with Gasteiger partial charge in [0.2, 0.25) is 0 Å². The molecule has 1 aromatic heterocycles. The largest absolute Gasteiger partial charge is 0.497 e. The van der Waals surface area contributed by atoms with Crippen LogP contribution in [0.4, 0.5) is 16.2 Å². The highest BCUT2D eigenvalue weighted by Gasteiger charge is 2.15. The Hall–Kier alpha value is -3.48. The molecule has 7 heteroatoms. The van der Waals surface area contributed by atoms with E-state index in [9.17, 15) is 4.79 Å². The second-order valence-electron chi connectivity index (χ2n) is 5.62. The number of nitrogens with one attached hydrogen (secondary N) is 3. The monoisotopic (exact) mass is 352 g/mol. The zero-order valence-corrected chi connectivity index (χ0v) is 14.8. The van der Waals surface area contributed by atoms with Gasteiger partial charge in [-0.05, 0) is 31.2 Å². The van der Waals surface area contributed by atoms with E-state index in [1.165, 1.54) is 0 Å². The number of aromatic amines is 1. The Kier molecular flexibility index (Phi) is 5.07. The second kappa shape index (κ2) is 7.60. The first-order chi connectivity index (χ1) is 12.6. The molecule has 7 nitrogen and oxygen atoms in total. The summed E-state index contributed by atoms with van der Waals surface area (Å²) in [6.07, 6.45) is 0. The minimum Gasteiger partial charge on any atom is -0.497 e. The van der Waals surface area contributed by atoms with Gasteiger partial charge in [-0.1, -0.05) is 18.2 Å². The number of nitrogens with zero attached hydrogens (tertiary/aromatic N) is 1. The summed E-state index contributed by atoms with van der Waals surface area (Å²) in [5.74, 6) is 1.38. The van der Waals surface area contributed by atoms with Gasteiger partial charge < -0.3 is 20.1 Å². The van der Waals surface area contributed by atoms with Crippen LogP contribution < -0.4 is 20.1 Å². The molecule has 0 atom stereocenters. The van der Waals surface area contributed by atoms with E-state index < -0.39 is 0 Å². The Bertz CT molecular complexity index is 921. The molecule has 0 aliphatic rings. The van der Waals surface area contributed by atoms with Crippen molar-refractivity contribution < 1.29 is 14.3 Å². The number of amides is 2. The van der Waals surface area contributed by atoms with E-state index in [0.717, 1.165) is 17.0 Å². The summed E-state index contributed by atoms with van der Waals surface area (Å²) in [5.41, 5.74) is 3.47. The number of benzene rings is 2. The highest BCUT2D eigenvalue weighted by atomic mass is 16.5. The lowest BCUT2D eigenvalue weighted by molar-refractivity contribution is 0.262. The summed E-state index contributed by atoms with van der Waals surface area (Å²) in [6, 6.07) is 14.3. The van der Waals surface area contributed by atoms with Gasteiger partial charge in [-0.3, -0.25) is 5.10 Å². The molecule has 2 amide bonds. The van der Waals surface area contributed by atoms with Crippen LogP contribution in [0.3, 0.4) is 0 Å². The maximum Gasteiger partial charge on any atom is 0.323 e. The summed E-state index contributed by atoms with van der Waals surface area (Å²) < 4.78 is 10.4. The predicted octanol–water partition coefficient (Wildman–Crippen LogP) is 4.05. The topological polar surface area (TPSA) is 88.3 Å². The molecule has 134 valence electrons. The molecule has 0 aliphatic heterocycles. The minimum absolute atomic E-state index is 0.369. The number of ether oxygens (including phenoxy) is 2. The quantitative estimate of drug-likeness (QED) is 0.646. The first-order valence-electron chi connectivity index (χ1n) is 8.02. The number of rotatable bonds is 5.